The van der Waals surface area contributed by atoms with Gasteiger partial charge in [0.1, 0.15) is 0 Å². The molecule has 0 bridgehead atoms. The van der Waals surface area contributed by atoms with E-state index in [2.05, 4.69) is 26.1 Å². The van der Waals surface area contributed by atoms with E-state index in [1.165, 1.54) is 0 Å². The number of rotatable bonds is 6. The summed E-state index contributed by atoms with van der Waals surface area (Å²) in [6.07, 6.45) is 1.20. The van der Waals surface area contributed by atoms with Crippen LogP contribution in [0.15, 0.2) is 24.3 Å². The molecule has 0 atom stereocenters. The number of hydrogen-bond donors (Lipinski definition) is 2. The van der Waals surface area contributed by atoms with E-state index in [0.717, 1.165) is 30.6 Å². The van der Waals surface area contributed by atoms with Gasteiger partial charge in [-0.2, -0.15) is 0 Å². The summed E-state index contributed by atoms with van der Waals surface area (Å²) in [6.45, 7) is 8.33. The minimum absolute atomic E-state index is 0.0944. The first-order chi connectivity index (χ1) is 8.38. The Hall–Kier alpha value is -1.35. The van der Waals surface area contributed by atoms with Crippen molar-refractivity contribution in [2.75, 3.05) is 6.54 Å². The fourth-order valence-corrected chi connectivity index (χ4v) is 1.75. The van der Waals surface area contributed by atoms with E-state index in [0.29, 0.717) is 5.41 Å². The number of nitrogens with one attached hydrogen (secondary N) is 1. The molecule has 1 aromatic carbocycles. The van der Waals surface area contributed by atoms with Crippen LogP contribution in [0.5, 0.6) is 0 Å². The Morgan fingerprint density at radius 1 is 1.22 bits per heavy atom. The Morgan fingerprint density at radius 2 is 1.83 bits per heavy atom. The molecule has 0 aliphatic heterocycles. The summed E-state index contributed by atoms with van der Waals surface area (Å²) in [4.78, 5) is 10.8. The van der Waals surface area contributed by atoms with E-state index in [1.54, 1.807) is 0 Å². The predicted molar refractivity (Wildman–Crippen MR) is 73.6 cm³/mol. The minimum atomic E-state index is -0.780. The minimum Gasteiger partial charge on any atom is -0.481 e. The maximum absolute atomic E-state index is 10.8. The summed E-state index contributed by atoms with van der Waals surface area (Å²) in [6, 6.07) is 7.71. The van der Waals surface area contributed by atoms with Crippen LogP contribution in [0.1, 0.15) is 38.3 Å². The predicted octanol–water partition coefficient (Wildman–Crippen LogP) is 2.84. The number of carbonyl (C=O) groups is 1. The summed E-state index contributed by atoms with van der Waals surface area (Å²) in [7, 11) is 0. The molecule has 0 amide bonds. The molecule has 0 saturated heterocycles. The highest BCUT2D eigenvalue weighted by Gasteiger charge is 2.09. The highest BCUT2D eigenvalue weighted by molar-refractivity contribution is 5.70. The van der Waals surface area contributed by atoms with Crippen molar-refractivity contribution in [1.82, 2.24) is 5.32 Å². The number of aliphatic carboxylic acids is 1. The molecule has 0 fully saturated rings. The average molecular weight is 249 g/mol. The second kappa shape index (κ2) is 6.55. The molecule has 0 saturated carbocycles. The maximum atomic E-state index is 10.8. The highest BCUT2D eigenvalue weighted by atomic mass is 16.4. The largest absolute Gasteiger partial charge is 0.481 e. The Labute approximate surface area is 109 Å². The molecule has 18 heavy (non-hydrogen) atoms. The quantitative estimate of drug-likeness (QED) is 0.762. The van der Waals surface area contributed by atoms with Gasteiger partial charge in [-0.1, -0.05) is 45.0 Å². The van der Waals surface area contributed by atoms with Crippen LogP contribution < -0.4 is 5.32 Å². The fraction of sp³-hybridized carbons (Fsp3) is 0.533. The monoisotopic (exact) mass is 249 g/mol. The molecule has 0 aromatic heterocycles. The van der Waals surface area contributed by atoms with Gasteiger partial charge in [-0.25, -0.2) is 0 Å². The lowest BCUT2D eigenvalue weighted by molar-refractivity contribution is -0.136. The molecule has 2 N–H and O–H groups in total. The van der Waals surface area contributed by atoms with Gasteiger partial charge < -0.3 is 10.4 Å². The highest BCUT2D eigenvalue weighted by Crippen LogP contribution is 2.17. The Morgan fingerprint density at radius 3 is 2.39 bits per heavy atom. The average Bonchev–Trinajstić information content (AvgIpc) is 2.24. The van der Waals surface area contributed by atoms with Crippen molar-refractivity contribution in [2.24, 2.45) is 5.41 Å². The normalized spacial score (nSPS) is 11.5. The molecule has 0 heterocycles. The molecular formula is C15H23NO2. The third kappa shape index (κ3) is 5.82. The standard InChI is InChI=1S/C15H23NO2/c1-15(2,3)8-9-16-11-13-7-5-4-6-12(13)10-14(17)18/h4-7,16H,8-11H2,1-3H3,(H,17,18). The van der Waals surface area contributed by atoms with Gasteiger partial charge in [-0.3, -0.25) is 4.79 Å². The fourth-order valence-electron chi connectivity index (χ4n) is 1.75. The van der Waals surface area contributed by atoms with Crippen molar-refractivity contribution in [2.45, 2.75) is 40.2 Å². The smallest absolute Gasteiger partial charge is 0.307 e. The van der Waals surface area contributed by atoms with Crippen LogP contribution in [0.3, 0.4) is 0 Å². The molecule has 3 nitrogen and oxygen atoms in total. The third-order valence-electron chi connectivity index (χ3n) is 2.83. The van der Waals surface area contributed by atoms with E-state index in [-0.39, 0.29) is 6.42 Å². The second-order valence-corrected chi connectivity index (χ2v) is 5.83. The number of carboxylic acid groups (broad SMARTS) is 1. The van der Waals surface area contributed by atoms with Crippen molar-refractivity contribution in [1.29, 1.82) is 0 Å². The van der Waals surface area contributed by atoms with Crippen LogP contribution in [0.4, 0.5) is 0 Å². The first-order valence-corrected chi connectivity index (χ1v) is 6.38. The van der Waals surface area contributed by atoms with Crippen molar-refractivity contribution in [3.05, 3.63) is 35.4 Å². The molecule has 0 unspecified atom stereocenters. The first kappa shape index (κ1) is 14.7. The lowest BCUT2D eigenvalue weighted by atomic mass is 9.92. The summed E-state index contributed by atoms with van der Waals surface area (Å²) < 4.78 is 0. The Balaban J connectivity index is 2.49. The summed E-state index contributed by atoms with van der Waals surface area (Å²) in [5, 5.41) is 12.2. The maximum Gasteiger partial charge on any atom is 0.307 e. The van der Waals surface area contributed by atoms with Crippen molar-refractivity contribution >= 4 is 5.97 Å². The van der Waals surface area contributed by atoms with E-state index in [4.69, 9.17) is 5.11 Å². The molecule has 1 aromatic rings. The van der Waals surface area contributed by atoms with Crippen molar-refractivity contribution in [3.8, 4) is 0 Å². The van der Waals surface area contributed by atoms with Crippen LogP contribution in [0.2, 0.25) is 0 Å². The topological polar surface area (TPSA) is 49.3 Å². The van der Waals surface area contributed by atoms with Crippen molar-refractivity contribution < 1.29 is 9.90 Å². The molecule has 3 heteroatoms. The van der Waals surface area contributed by atoms with Gasteiger partial charge in [0.2, 0.25) is 0 Å². The third-order valence-corrected chi connectivity index (χ3v) is 2.83. The zero-order valence-corrected chi connectivity index (χ0v) is 11.5. The van der Waals surface area contributed by atoms with E-state index in [9.17, 15) is 4.79 Å². The summed E-state index contributed by atoms with van der Waals surface area (Å²) >= 11 is 0. The molecule has 1 rings (SSSR count). The molecular weight excluding hydrogens is 226 g/mol. The molecule has 0 spiro atoms. The van der Waals surface area contributed by atoms with E-state index >= 15 is 0 Å². The first-order valence-electron chi connectivity index (χ1n) is 6.38. The second-order valence-electron chi connectivity index (χ2n) is 5.83. The number of benzene rings is 1. The van der Waals surface area contributed by atoms with Crippen LogP contribution >= 0.6 is 0 Å². The zero-order chi connectivity index (χ0) is 13.6. The van der Waals surface area contributed by atoms with E-state index < -0.39 is 5.97 Å². The Kier molecular flexibility index (Phi) is 5.35. The van der Waals surface area contributed by atoms with Gasteiger partial charge in [-0.05, 0) is 29.5 Å². The lowest BCUT2D eigenvalue weighted by Gasteiger charge is -2.18. The van der Waals surface area contributed by atoms with Gasteiger partial charge >= 0.3 is 5.97 Å². The number of hydrogen-bond acceptors (Lipinski definition) is 2. The molecule has 0 aliphatic rings. The molecule has 0 aliphatic carbocycles. The van der Waals surface area contributed by atoms with Crippen LogP contribution in [-0.2, 0) is 17.8 Å². The van der Waals surface area contributed by atoms with Gasteiger partial charge in [0, 0.05) is 6.54 Å². The van der Waals surface area contributed by atoms with E-state index in [1.807, 2.05) is 24.3 Å². The Bertz CT molecular complexity index is 394. The molecule has 0 radical (unpaired) electrons. The summed E-state index contributed by atoms with van der Waals surface area (Å²) in [5.74, 6) is -0.780. The van der Waals surface area contributed by atoms with Gasteiger partial charge in [0.15, 0.2) is 0 Å². The van der Waals surface area contributed by atoms with Crippen LogP contribution in [0.25, 0.3) is 0 Å². The zero-order valence-electron chi connectivity index (χ0n) is 11.5. The van der Waals surface area contributed by atoms with Gasteiger partial charge in [-0.15, -0.1) is 0 Å². The van der Waals surface area contributed by atoms with Gasteiger partial charge in [0.25, 0.3) is 0 Å². The van der Waals surface area contributed by atoms with Gasteiger partial charge in [0.05, 0.1) is 6.42 Å². The van der Waals surface area contributed by atoms with Crippen LogP contribution in [-0.4, -0.2) is 17.6 Å². The number of carboxylic acids is 1. The summed E-state index contributed by atoms with van der Waals surface area (Å²) in [5.41, 5.74) is 2.30. The van der Waals surface area contributed by atoms with Crippen molar-refractivity contribution in [3.63, 3.8) is 0 Å². The van der Waals surface area contributed by atoms with Crippen LogP contribution in [0, 0.1) is 5.41 Å². The SMILES string of the molecule is CC(C)(C)CCNCc1ccccc1CC(=O)O. The molecule has 100 valence electrons. The lowest BCUT2D eigenvalue weighted by Crippen LogP contribution is -2.21.